The first kappa shape index (κ1) is 12.5. The van der Waals surface area contributed by atoms with Gasteiger partial charge in [-0.2, -0.15) is 0 Å². The molecule has 0 amide bonds. The van der Waals surface area contributed by atoms with Gasteiger partial charge in [-0.15, -0.1) is 0 Å². The number of likely N-dealkylation sites (N-methyl/N-ethyl adjacent to an activating group) is 1. The molecule has 0 aromatic heterocycles. The summed E-state index contributed by atoms with van der Waals surface area (Å²) in [6.07, 6.45) is 3.53. The zero-order valence-electron chi connectivity index (χ0n) is 10.5. The topological polar surface area (TPSA) is 21.3 Å². The van der Waals surface area contributed by atoms with Crippen LogP contribution in [0.5, 0.6) is 0 Å². The van der Waals surface area contributed by atoms with E-state index in [-0.39, 0.29) is 18.0 Å². The van der Waals surface area contributed by atoms with Crippen LogP contribution in [0.2, 0.25) is 0 Å². The molecule has 0 aliphatic carbocycles. The Bertz CT molecular complexity index is 374. The molecular formula is C14H20FNO. The van der Waals surface area contributed by atoms with E-state index in [0.29, 0.717) is 0 Å². The highest BCUT2D eigenvalue weighted by atomic mass is 19.1. The molecule has 1 aromatic rings. The van der Waals surface area contributed by atoms with Gasteiger partial charge in [-0.1, -0.05) is 6.07 Å². The van der Waals surface area contributed by atoms with Crippen molar-refractivity contribution in [3.05, 3.63) is 35.1 Å². The van der Waals surface area contributed by atoms with E-state index in [0.717, 1.165) is 30.6 Å². The molecule has 1 aliphatic rings. The highest BCUT2D eigenvalue weighted by Crippen LogP contribution is 2.28. The number of ether oxygens (including phenoxy) is 1. The van der Waals surface area contributed by atoms with Crippen LogP contribution in [0.1, 0.15) is 36.4 Å². The Morgan fingerprint density at radius 1 is 1.41 bits per heavy atom. The Morgan fingerprint density at radius 2 is 2.24 bits per heavy atom. The Labute approximate surface area is 102 Å². The minimum absolute atomic E-state index is 0.0889. The number of nitrogens with one attached hydrogen (secondary N) is 1. The highest BCUT2D eigenvalue weighted by Gasteiger charge is 2.25. The van der Waals surface area contributed by atoms with Crippen LogP contribution in [0.25, 0.3) is 0 Å². The van der Waals surface area contributed by atoms with Gasteiger partial charge in [0.25, 0.3) is 0 Å². The Kier molecular flexibility index (Phi) is 4.13. The predicted octanol–water partition coefficient (Wildman–Crippen LogP) is 2.96. The van der Waals surface area contributed by atoms with Crippen LogP contribution in [0.4, 0.5) is 4.39 Å². The van der Waals surface area contributed by atoms with Gasteiger partial charge in [0.05, 0.1) is 12.1 Å². The van der Waals surface area contributed by atoms with Gasteiger partial charge in [0.2, 0.25) is 0 Å². The summed E-state index contributed by atoms with van der Waals surface area (Å²) < 4.78 is 19.1. The van der Waals surface area contributed by atoms with Crippen molar-refractivity contribution in [3.8, 4) is 0 Å². The second-order valence-corrected chi connectivity index (χ2v) is 4.67. The standard InChI is InChI=1S/C14H20FNO/c1-10-6-7-11(15)9-12(10)14(16-2)13-5-3-4-8-17-13/h6-7,9,13-14,16H,3-5,8H2,1-2H3. The Hall–Kier alpha value is -0.930. The maximum Gasteiger partial charge on any atom is 0.123 e. The molecule has 2 nitrogen and oxygen atoms in total. The first-order valence-corrected chi connectivity index (χ1v) is 6.27. The lowest BCUT2D eigenvalue weighted by molar-refractivity contribution is -0.00679. The van der Waals surface area contributed by atoms with Gasteiger partial charge in [0.15, 0.2) is 0 Å². The number of hydrogen-bond donors (Lipinski definition) is 1. The van der Waals surface area contributed by atoms with Crippen LogP contribution < -0.4 is 5.32 Å². The average molecular weight is 237 g/mol. The van der Waals surface area contributed by atoms with Crippen molar-refractivity contribution in [1.29, 1.82) is 0 Å². The number of hydrogen-bond acceptors (Lipinski definition) is 2. The lowest BCUT2D eigenvalue weighted by Gasteiger charge is -2.31. The van der Waals surface area contributed by atoms with Crippen LogP contribution in [-0.4, -0.2) is 19.8 Å². The zero-order chi connectivity index (χ0) is 12.3. The third-order valence-corrected chi connectivity index (χ3v) is 3.47. The molecule has 0 spiro atoms. The second kappa shape index (κ2) is 5.61. The summed E-state index contributed by atoms with van der Waals surface area (Å²) in [6.45, 7) is 2.83. The van der Waals surface area contributed by atoms with Crippen molar-refractivity contribution in [3.63, 3.8) is 0 Å². The summed E-state index contributed by atoms with van der Waals surface area (Å²) in [4.78, 5) is 0. The minimum atomic E-state index is -0.179. The summed E-state index contributed by atoms with van der Waals surface area (Å²) in [5, 5.41) is 3.26. The van der Waals surface area contributed by atoms with E-state index < -0.39 is 0 Å². The van der Waals surface area contributed by atoms with Gasteiger partial charge in [0, 0.05) is 6.61 Å². The molecule has 0 radical (unpaired) electrons. The molecule has 1 heterocycles. The van der Waals surface area contributed by atoms with Gasteiger partial charge >= 0.3 is 0 Å². The van der Waals surface area contributed by atoms with E-state index in [2.05, 4.69) is 5.32 Å². The molecule has 2 atom stereocenters. The second-order valence-electron chi connectivity index (χ2n) is 4.67. The molecule has 1 saturated heterocycles. The van der Waals surface area contributed by atoms with Gasteiger partial charge in [-0.3, -0.25) is 0 Å². The van der Waals surface area contributed by atoms with Crippen molar-refractivity contribution < 1.29 is 9.13 Å². The quantitative estimate of drug-likeness (QED) is 0.872. The summed E-state index contributed by atoms with van der Waals surface area (Å²) in [5.41, 5.74) is 2.12. The Balaban J connectivity index is 2.24. The molecule has 17 heavy (non-hydrogen) atoms. The van der Waals surface area contributed by atoms with Crippen LogP contribution in [0.15, 0.2) is 18.2 Å². The minimum Gasteiger partial charge on any atom is -0.376 e. The molecule has 0 bridgehead atoms. The number of aryl methyl sites for hydroxylation is 1. The third kappa shape index (κ3) is 2.85. The number of rotatable bonds is 3. The van der Waals surface area contributed by atoms with Crippen LogP contribution in [-0.2, 0) is 4.74 Å². The molecular weight excluding hydrogens is 217 g/mol. The molecule has 1 fully saturated rings. The Morgan fingerprint density at radius 3 is 2.88 bits per heavy atom. The molecule has 0 saturated carbocycles. The fraction of sp³-hybridized carbons (Fsp3) is 0.571. The van der Waals surface area contributed by atoms with E-state index in [1.807, 2.05) is 20.0 Å². The maximum absolute atomic E-state index is 13.3. The highest BCUT2D eigenvalue weighted by molar-refractivity contribution is 5.30. The lowest BCUT2D eigenvalue weighted by Crippen LogP contribution is -2.34. The predicted molar refractivity (Wildman–Crippen MR) is 66.5 cm³/mol. The van der Waals surface area contributed by atoms with Crippen molar-refractivity contribution in [1.82, 2.24) is 5.32 Å². The monoisotopic (exact) mass is 237 g/mol. The largest absolute Gasteiger partial charge is 0.376 e. The molecule has 3 heteroatoms. The van der Waals surface area contributed by atoms with Gasteiger partial charge < -0.3 is 10.1 Å². The first-order valence-electron chi connectivity index (χ1n) is 6.27. The summed E-state index contributed by atoms with van der Waals surface area (Å²) in [6, 6.07) is 5.05. The number of halogens is 1. The van der Waals surface area contributed by atoms with E-state index in [9.17, 15) is 4.39 Å². The van der Waals surface area contributed by atoms with Crippen LogP contribution >= 0.6 is 0 Å². The van der Waals surface area contributed by atoms with Crippen LogP contribution in [0.3, 0.4) is 0 Å². The lowest BCUT2D eigenvalue weighted by atomic mass is 9.93. The zero-order valence-corrected chi connectivity index (χ0v) is 10.5. The van der Waals surface area contributed by atoms with E-state index >= 15 is 0 Å². The van der Waals surface area contributed by atoms with E-state index in [4.69, 9.17) is 4.74 Å². The smallest absolute Gasteiger partial charge is 0.123 e. The molecule has 2 unspecified atom stereocenters. The van der Waals surface area contributed by atoms with Crippen molar-refractivity contribution >= 4 is 0 Å². The first-order chi connectivity index (χ1) is 8.22. The summed E-state index contributed by atoms with van der Waals surface area (Å²) in [7, 11) is 1.91. The van der Waals surface area contributed by atoms with Gasteiger partial charge in [0.1, 0.15) is 5.82 Å². The fourth-order valence-corrected chi connectivity index (χ4v) is 2.52. The van der Waals surface area contributed by atoms with Crippen molar-refractivity contribution in [2.75, 3.05) is 13.7 Å². The van der Waals surface area contributed by atoms with Gasteiger partial charge in [-0.25, -0.2) is 4.39 Å². The van der Waals surface area contributed by atoms with E-state index in [1.165, 1.54) is 12.5 Å². The molecule has 1 aromatic carbocycles. The molecule has 1 N–H and O–H groups in total. The SMILES string of the molecule is CNC(c1cc(F)ccc1C)C1CCCCO1. The fourth-order valence-electron chi connectivity index (χ4n) is 2.52. The average Bonchev–Trinajstić information content (AvgIpc) is 2.36. The van der Waals surface area contributed by atoms with Crippen molar-refractivity contribution in [2.45, 2.75) is 38.3 Å². The van der Waals surface area contributed by atoms with E-state index in [1.54, 1.807) is 6.07 Å². The maximum atomic E-state index is 13.3. The van der Waals surface area contributed by atoms with Crippen LogP contribution in [0, 0.1) is 12.7 Å². The normalized spacial score (nSPS) is 22.4. The number of benzene rings is 1. The summed E-state index contributed by atoms with van der Waals surface area (Å²) >= 11 is 0. The third-order valence-electron chi connectivity index (χ3n) is 3.47. The van der Waals surface area contributed by atoms with Gasteiger partial charge in [-0.05, 0) is 56.5 Å². The van der Waals surface area contributed by atoms with Crippen molar-refractivity contribution in [2.24, 2.45) is 0 Å². The molecule has 94 valence electrons. The molecule has 1 aliphatic heterocycles. The summed E-state index contributed by atoms with van der Waals surface area (Å²) in [5.74, 6) is -0.179. The molecule has 2 rings (SSSR count).